The number of halogens is 1. The smallest absolute Gasteiger partial charge is 0.245 e. The van der Waals surface area contributed by atoms with Crippen molar-refractivity contribution in [1.29, 1.82) is 0 Å². The Morgan fingerprint density at radius 2 is 1.71 bits per heavy atom. The number of nitrogens with zero attached hydrogens (tertiary/aromatic N) is 1. The van der Waals surface area contributed by atoms with Crippen LogP contribution in [0.5, 0.6) is 0 Å². The van der Waals surface area contributed by atoms with Gasteiger partial charge in [-0.15, -0.1) is 0 Å². The fourth-order valence-electron chi connectivity index (χ4n) is 2.83. The molecule has 0 radical (unpaired) electrons. The van der Waals surface area contributed by atoms with E-state index in [1.165, 1.54) is 19.1 Å². The number of benzene rings is 2. The molecular weight excluding hydrogens is 417 g/mol. The van der Waals surface area contributed by atoms with Crippen molar-refractivity contribution in [2.45, 2.75) is 57.7 Å². The summed E-state index contributed by atoms with van der Waals surface area (Å²) in [5.74, 6) is -0.881. The third-order valence-corrected chi connectivity index (χ3v) is 7.40. The molecule has 2 aromatic rings. The molecule has 0 heterocycles. The monoisotopic (exact) mass is 445 g/mol. The number of sulfonamides is 1. The van der Waals surface area contributed by atoms with Crippen molar-refractivity contribution in [3.63, 3.8) is 0 Å². The van der Waals surface area contributed by atoms with Crippen molar-refractivity contribution in [3.05, 3.63) is 70.8 Å². The summed E-state index contributed by atoms with van der Waals surface area (Å²) in [5, 5.41) is 2.77. The van der Waals surface area contributed by atoms with Crippen LogP contribution in [0.4, 0.5) is 15.8 Å². The van der Waals surface area contributed by atoms with Crippen LogP contribution >= 0.6 is 0 Å². The van der Waals surface area contributed by atoms with E-state index in [0.717, 1.165) is 5.56 Å². The van der Waals surface area contributed by atoms with E-state index in [1.807, 2.05) is 0 Å². The molecule has 0 aliphatic heterocycles. The standard InChI is InChI=1S/C23H28FN3O3S/c1-16-15-19(11-12-20(16)25-6)26-21(28)23(5,27-31(29,30)22(2,3)4)14-13-17-7-9-18(24)10-8-17/h7-12,15,27H,13-14H2,1-5H3,(H,26,28)/t23-/m0/s1. The maximum atomic E-state index is 13.2. The van der Waals surface area contributed by atoms with Gasteiger partial charge in [0.1, 0.15) is 11.4 Å². The molecule has 1 amide bonds. The highest BCUT2D eigenvalue weighted by Gasteiger charge is 2.41. The Morgan fingerprint density at radius 1 is 1.10 bits per heavy atom. The third kappa shape index (κ3) is 6.12. The lowest BCUT2D eigenvalue weighted by atomic mass is 9.93. The Morgan fingerprint density at radius 3 is 2.23 bits per heavy atom. The molecule has 0 aliphatic rings. The van der Waals surface area contributed by atoms with Gasteiger partial charge in [-0.2, -0.15) is 4.72 Å². The van der Waals surface area contributed by atoms with Gasteiger partial charge in [-0.1, -0.05) is 18.2 Å². The second-order valence-corrected chi connectivity index (χ2v) is 11.2. The van der Waals surface area contributed by atoms with Gasteiger partial charge in [-0.05, 0) is 82.9 Å². The number of hydrogen-bond donors (Lipinski definition) is 2. The van der Waals surface area contributed by atoms with Crippen molar-refractivity contribution in [3.8, 4) is 0 Å². The lowest BCUT2D eigenvalue weighted by molar-refractivity contribution is -0.121. The zero-order valence-electron chi connectivity index (χ0n) is 18.4. The number of carbonyl (C=O) groups is 1. The number of aryl methyl sites for hydroxylation is 2. The predicted molar refractivity (Wildman–Crippen MR) is 121 cm³/mol. The first-order chi connectivity index (χ1) is 14.3. The third-order valence-electron chi connectivity index (χ3n) is 5.07. The summed E-state index contributed by atoms with van der Waals surface area (Å²) < 4.78 is 40.4. The van der Waals surface area contributed by atoms with Gasteiger partial charge in [-0.25, -0.2) is 17.7 Å². The van der Waals surface area contributed by atoms with E-state index in [-0.39, 0.29) is 12.2 Å². The van der Waals surface area contributed by atoms with Crippen molar-refractivity contribution in [2.24, 2.45) is 0 Å². The number of carbonyl (C=O) groups excluding carboxylic acids is 1. The summed E-state index contributed by atoms with van der Waals surface area (Å²) >= 11 is 0. The van der Waals surface area contributed by atoms with Crippen molar-refractivity contribution in [2.75, 3.05) is 5.32 Å². The Balaban J connectivity index is 2.33. The van der Waals surface area contributed by atoms with E-state index in [4.69, 9.17) is 6.57 Å². The molecule has 166 valence electrons. The first-order valence-corrected chi connectivity index (χ1v) is 11.3. The molecule has 0 aromatic heterocycles. The Labute approximate surface area is 183 Å². The highest BCUT2D eigenvalue weighted by molar-refractivity contribution is 7.90. The first kappa shape index (κ1) is 24.5. The van der Waals surface area contributed by atoms with E-state index >= 15 is 0 Å². The summed E-state index contributed by atoms with van der Waals surface area (Å²) in [5.41, 5.74) is 0.986. The predicted octanol–water partition coefficient (Wildman–Crippen LogP) is 4.73. The number of amides is 1. The van der Waals surface area contributed by atoms with Gasteiger partial charge in [0, 0.05) is 5.69 Å². The minimum atomic E-state index is -3.83. The Bertz CT molecular complexity index is 1100. The molecule has 0 saturated heterocycles. The molecule has 2 N–H and O–H groups in total. The average molecular weight is 446 g/mol. The Hall–Kier alpha value is -2.76. The highest BCUT2D eigenvalue weighted by Crippen LogP contribution is 2.26. The van der Waals surface area contributed by atoms with Crippen LogP contribution in [0.25, 0.3) is 4.85 Å². The fourth-order valence-corrected chi connectivity index (χ4v) is 3.93. The van der Waals surface area contributed by atoms with E-state index in [1.54, 1.807) is 58.0 Å². The molecule has 0 bridgehead atoms. The van der Waals surface area contributed by atoms with Crippen LogP contribution < -0.4 is 10.0 Å². The lowest BCUT2D eigenvalue weighted by Crippen LogP contribution is -2.58. The summed E-state index contributed by atoms with van der Waals surface area (Å²) in [6, 6.07) is 10.8. The van der Waals surface area contributed by atoms with Gasteiger partial charge >= 0.3 is 0 Å². The summed E-state index contributed by atoms with van der Waals surface area (Å²) in [4.78, 5) is 16.6. The zero-order chi connectivity index (χ0) is 23.4. The summed E-state index contributed by atoms with van der Waals surface area (Å²) in [7, 11) is -3.83. The SMILES string of the molecule is [C-]#[N+]c1ccc(NC(=O)[C@](C)(CCc2ccc(F)cc2)NS(=O)(=O)C(C)(C)C)cc1C. The molecule has 0 spiro atoms. The van der Waals surface area contributed by atoms with Crippen LogP contribution in [0.1, 0.15) is 45.2 Å². The minimum absolute atomic E-state index is 0.166. The molecule has 31 heavy (non-hydrogen) atoms. The zero-order valence-corrected chi connectivity index (χ0v) is 19.2. The molecule has 1 atom stereocenters. The first-order valence-electron chi connectivity index (χ1n) is 9.85. The maximum Gasteiger partial charge on any atom is 0.245 e. The molecule has 0 saturated carbocycles. The van der Waals surface area contributed by atoms with E-state index in [0.29, 0.717) is 23.4 Å². The number of rotatable bonds is 7. The number of hydrogen-bond acceptors (Lipinski definition) is 3. The van der Waals surface area contributed by atoms with Gasteiger partial charge in [0.05, 0.1) is 11.3 Å². The topological polar surface area (TPSA) is 79.6 Å². The average Bonchev–Trinajstić information content (AvgIpc) is 2.66. The van der Waals surface area contributed by atoms with Crippen molar-refractivity contribution >= 4 is 27.3 Å². The molecule has 0 unspecified atom stereocenters. The van der Waals surface area contributed by atoms with Gasteiger partial charge in [0.25, 0.3) is 0 Å². The normalized spacial score (nSPS) is 13.8. The fraction of sp³-hybridized carbons (Fsp3) is 0.391. The van der Waals surface area contributed by atoms with Crippen LogP contribution in [0, 0.1) is 19.3 Å². The molecule has 2 rings (SSSR count). The van der Waals surface area contributed by atoms with E-state index in [9.17, 15) is 17.6 Å². The quantitative estimate of drug-likeness (QED) is 0.605. The molecule has 6 nitrogen and oxygen atoms in total. The molecule has 0 aliphatic carbocycles. The van der Waals surface area contributed by atoms with Crippen molar-refractivity contribution in [1.82, 2.24) is 4.72 Å². The van der Waals surface area contributed by atoms with Gasteiger partial charge < -0.3 is 5.32 Å². The summed E-state index contributed by atoms with van der Waals surface area (Å²) in [6.45, 7) is 15.1. The summed E-state index contributed by atoms with van der Waals surface area (Å²) in [6.07, 6.45) is 0.533. The van der Waals surface area contributed by atoms with Gasteiger partial charge in [0.2, 0.25) is 15.9 Å². The van der Waals surface area contributed by atoms with E-state index < -0.39 is 26.2 Å². The van der Waals surface area contributed by atoms with Crippen molar-refractivity contribution < 1.29 is 17.6 Å². The lowest BCUT2D eigenvalue weighted by Gasteiger charge is -2.33. The van der Waals surface area contributed by atoms with Crippen LogP contribution in [-0.2, 0) is 21.2 Å². The van der Waals surface area contributed by atoms with Gasteiger partial charge in [0.15, 0.2) is 5.69 Å². The van der Waals surface area contributed by atoms with Crippen LogP contribution in [0.3, 0.4) is 0 Å². The number of nitrogens with one attached hydrogen (secondary N) is 2. The Kier molecular flexibility index (Phi) is 7.25. The second-order valence-electron chi connectivity index (χ2n) is 8.74. The molecule has 2 aromatic carbocycles. The van der Waals surface area contributed by atoms with Crippen LogP contribution in [-0.4, -0.2) is 24.6 Å². The largest absolute Gasteiger partial charge is 0.325 e. The molecular formula is C23H28FN3O3S. The van der Waals surface area contributed by atoms with Gasteiger partial charge in [-0.3, -0.25) is 4.79 Å². The second kappa shape index (κ2) is 9.16. The van der Waals surface area contributed by atoms with E-state index in [2.05, 4.69) is 14.9 Å². The highest BCUT2D eigenvalue weighted by atomic mass is 32.2. The number of anilines is 1. The minimum Gasteiger partial charge on any atom is -0.325 e. The maximum absolute atomic E-state index is 13.2. The van der Waals surface area contributed by atoms with Crippen LogP contribution in [0.15, 0.2) is 42.5 Å². The van der Waals surface area contributed by atoms with Crippen LogP contribution in [0.2, 0.25) is 0 Å². The molecule has 0 fully saturated rings. The molecule has 8 heteroatoms.